The molecule has 2 rings (SSSR count). The van der Waals surface area contributed by atoms with Crippen molar-refractivity contribution in [2.45, 2.75) is 18.7 Å². The average molecular weight is 443 g/mol. The minimum Gasteiger partial charge on any atom is -0.452 e. The van der Waals surface area contributed by atoms with Gasteiger partial charge in [-0.15, -0.1) is 0 Å². The summed E-state index contributed by atoms with van der Waals surface area (Å²) in [5, 5.41) is 2.42. The Bertz CT molecular complexity index is 992. The lowest BCUT2D eigenvalue weighted by molar-refractivity contribution is -0.119. The van der Waals surface area contributed by atoms with Crippen molar-refractivity contribution in [2.75, 3.05) is 25.0 Å². The molecule has 0 heterocycles. The van der Waals surface area contributed by atoms with Gasteiger partial charge in [0, 0.05) is 18.8 Å². The summed E-state index contributed by atoms with van der Waals surface area (Å²) >= 11 is 6.02. The van der Waals surface area contributed by atoms with Gasteiger partial charge in [0.15, 0.2) is 6.61 Å². The number of rotatable bonds is 8. The molecule has 1 amide bonds. The van der Waals surface area contributed by atoms with Crippen LogP contribution in [0.1, 0.15) is 24.2 Å². The van der Waals surface area contributed by atoms with E-state index in [-0.39, 0.29) is 28.6 Å². The van der Waals surface area contributed by atoms with Gasteiger partial charge in [-0.1, -0.05) is 25.4 Å². The Morgan fingerprint density at radius 2 is 1.72 bits per heavy atom. The van der Waals surface area contributed by atoms with Gasteiger partial charge in [0.25, 0.3) is 5.91 Å². The summed E-state index contributed by atoms with van der Waals surface area (Å²) in [6.45, 7) is 3.26. The Balaban J connectivity index is 2.09. The van der Waals surface area contributed by atoms with Gasteiger partial charge >= 0.3 is 5.97 Å². The Labute approximate surface area is 173 Å². The summed E-state index contributed by atoms with van der Waals surface area (Å²) in [6.07, 6.45) is 0. The Hall–Kier alpha value is -2.49. The molecule has 0 spiro atoms. The van der Waals surface area contributed by atoms with Gasteiger partial charge in [-0.05, 0) is 42.5 Å². The van der Waals surface area contributed by atoms with Crippen LogP contribution in [0.5, 0.6) is 0 Å². The SMILES string of the molecule is CCN(CC)S(=O)(=O)c1cc(C(=O)OCC(=O)Nc2ccc(F)cc2)ccc1Cl. The Morgan fingerprint density at radius 1 is 1.10 bits per heavy atom. The zero-order valence-corrected chi connectivity index (χ0v) is 17.4. The number of halogens is 2. The molecule has 29 heavy (non-hydrogen) atoms. The number of benzene rings is 2. The molecule has 2 aromatic carbocycles. The molecule has 0 radical (unpaired) electrons. The van der Waals surface area contributed by atoms with Gasteiger partial charge in [-0.3, -0.25) is 4.79 Å². The van der Waals surface area contributed by atoms with E-state index in [1.807, 2.05) is 0 Å². The van der Waals surface area contributed by atoms with Crippen molar-refractivity contribution in [1.82, 2.24) is 4.31 Å². The molecule has 0 aliphatic carbocycles. The second kappa shape index (κ2) is 9.82. The largest absolute Gasteiger partial charge is 0.452 e. The average Bonchev–Trinajstić information content (AvgIpc) is 2.69. The van der Waals surface area contributed by atoms with Crippen molar-refractivity contribution in [2.24, 2.45) is 0 Å². The fourth-order valence-corrected chi connectivity index (χ4v) is 4.43. The van der Waals surface area contributed by atoms with Gasteiger partial charge in [0.05, 0.1) is 10.6 Å². The lowest BCUT2D eigenvalue weighted by Gasteiger charge is -2.19. The molecule has 1 N–H and O–H groups in total. The number of anilines is 1. The maximum atomic E-state index is 12.9. The zero-order valence-electron chi connectivity index (χ0n) is 15.8. The monoisotopic (exact) mass is 442 g/mol. The number of amides is 1. The molecule has 0 fully saturated rings. The topological polar surface area (TPSA) is 92.8 Å². The van der Waals surface area contributed by atoms with Crippen LogP contribution in [0.4, 0.5) is 10.1 Å². The van der Waals surface area contributed by atoms with Crippen molar-refractivity contribution in [3.05, 3.63) is 58.9 Å². The predicted molar refractivity (Wildman–Crippen MR) is 107 cm³/mol. The standard InChI is InChI=1S/C19H20ClFN2O5S/c1-3-23(4-2)29(26,27)17-11-13(5-10-16(17)20)19(25)28-12-18(24)22-15-8-6-14(21)7-9-15/h5-11H,3-4,12H2,1-2H3,(H,22,24). The highest BCUT2D eigenvalue weighted by Crippen LogP contribution is 2.26. The van der Waals surface area contributed by atoms with Crippen LogP contribution in [-0.4, -0.2) is 44.3 Å². The quantitative estimate of drug-likeness (QED) is 0.633. The van der Waals surface area contributed by atoms with E-state index in [1.165, 1.54) is 40.7 Å². The highest BCUT2D eigenvalue weighted by atomic mass is 35.5. The fraction of sp³-hybridized carbons (Fsp3) is 0.263. The van der Waals surface area contributed by atoms with Crippen LogP contribution in [0.15, 0.2) is 47.4 Å². The van der Waals surface area contributed by atoms with Crippen LogP contribution in [0, 0.1) is 5.82 Å². The minimum atomic E-state index is -3.88. The molecule has 0 aliphatic rings. The molecule has 10 heteroatoms. The normalized spacial score (nSPS) is 11.3. The smallest absolute Gasteiger partial charge is 0.338 e. The third kappa shape index (κ3) is 5.75. The first kappa shape index (κ1) is 22.8. The summed E-state index contributed by atoms with van der Waals surface area (Å²) in [5.74, 6) is -1.96. The fourth-order valence-electron chi connectivity index (χ4n) is 2.48. The summed E-state index contributed by atoms with van der Waals surface area (Å²) in [7, 11) is -3.88. The number of nitrogens with zero attached hydrogens (tertiary/aromatic N) is 1. The van der Waals surface area contributed by atoms with E-state index in [1.54, 1.807) is 13.8 Å². The highest BCUT2D eigenvalue weighted by Gasteiger charge is 2.26. The van der Waals surface area contributed by atoms with Crippen molar-refractivity contribution in [1.29, 1.82) is 0 Å². The van der Waals surface area contributed by atoms with Gasteiger partial charge in [0.2, 0.25) is 10.0 Å². The number of ether oxygens (including phenoxy) is 1. The second-order valence-electron chi connectivity index (χ2n) is 5.87. The first-order valence-electron chi connectivity index (χ1n) is 8.71. The van der Waals surface area contributed by atoms with Gasteiger partial charge in [0.1, 0.15) is 10.7 Å². The van der Waals surface area contributed by atoms with Gasteiger partial charge in [-0.25, -0.2) is 17.6 Å². The van der Waals surface area contributed by atoms with E-state index in [2.05, 4.69) is 5.32 Å². The van der Waals surface area contributed by atoms with Crippen molar-refractivity contribution in [3.8, 4) is 0 Å². The number of hydrogen-bond donors (Lipinski definition) is 1. The summed E-state index contributed by atoms with van der Waals surface area (Å²) < 4.78 is 44.4. The summed E-state index contributed by atoms with van der Waals surface area (Å²) in [5.41, 5.74) is 0.279. The molecule has 2 aromatic rings. The molecule has 0 unspecified atom stereocenters. The number of nitrogens with one attached hydrogen (secondary N) is 1. The van der Waals surface area contributed by atoms with Crippen molar-refractivity contribution in [3.63, 3.8) is 0 Å². The molecular formula is C19H20ClFN2O5S. The van der Waals surface area contributed by atoms with Crippen molar-refractivity contribution >= 4 is 39.2 Å². The van der Waals surface area contributed by atoms with Crippen LogP contribution in [0.2, 0.25) is 5.02 Å². The molecule has 0 saturated carbocycles. The second-order valence-corrected chi connectivity index (χ2v) is 8.18. The third-order valence-corrected chi connectivity index (χ3v) is 6.48. The number of carbonyl (C=O) groups is 2. The van der Waals surface area contributed by atoms with Gasteiger partial charge < -0.3 is 10.1 Å². The maximum absolute atomic E-state index is 12.9. The molecule has 0 atom stereocenters. The molecular weight excluding hydrogens is 423 g/mol. The minimum absolute atomic E-state index is 0.0255. The zero-order chi connectivity index (χ0) is 21.6. The molecule has 0 saturated heterocycles. The van der Waals surface area contributed by atoms with Crippen LogP contribution in [0.3, 0.4) is 0 Å². The van der Waals surface area contributed by atoms with Gasteiger partial charge in [-0.2, -0.15) is 4.31 Å². The van der Waals surface area contributed by atoms with Crippen LogP contribution in [0.25, 0.3) is 0 Å². The number of hydrogen-bond acceptors (Lipinski definition) is 5. The summed E-state index contributed by atoms with van der Waals surface area (Å²) in [6, 6.07) is 8.78. The van der Waals surface area contributed by atoms with E-state index >= 15 is 0 Å². The number of esters is 1. The molecule has 0 aliphatic heterocycles. The Kier molecular flexibility index (Phi) is 7.72. The first-order valence-corrected chi connectivity index (χ1v) is 10.5. The van der Waals surface area contributed by atoms with E-state index < -0.39 is 34.3 Å². The van der Waals surface area contributed by atoms with E-state index in [0.29, 0.717) is 5.69 Å². The van der Waals surface area contributed by atoms with Crippen LogP contribution >= 0.6 is 11.6 Å². The van der Waals surface area contributed by atoms with Crippen LogP contribution in [-0.2, 0) is 19.6 Å². The van der Waals surface area contributed by atoms with E-state index in [4.69, 9.17) is 16.3 Å². The summed E-state index contributed by atoms with van der Waals surface area (Å²) in [4.78, 5) is 23.9. The first-order chi connectivity index (χ1) is 13.7. The lowest BCUT2D eigenvalue weighted by Crippen LogP contribution is -2.31. The van der Waals surface area contributed by atoms with Crippen molar-refractivity contribution < 1.29 is 27.1 Å². The molecule has 0 bridgehead atoms. The maximum Gasteiger partial charge on any atom is 0.338 e. The number of sulfonamides is 1. The van der Waals surface area contributed by atoms with Crippen LogP contribution < -0.4 is 5.32 Å². The lowest BCUT2D eigenvalue weighted by atomic mass is 10.2. The number of carbonyl (C=O) groups excluding carboxylic acids is 2. The van der Waals surface area contributed by atoms with E-state index in [0.717, 1.165) is 6.07 Å². The third-order valence-electron chi connectivity index (χ3n) is 3.95. The molecule has 156 valence electrons. The highest BCUT2D eigenvalue weighted by molar-refractivity contribution is 7.89. The molecule has 7 nitrogen and oxygen atoms in total. The predicted octanol–water partition coefficient (Wildman–Crippen LogP) is 3.31. The van der Waals surface area contributed by atoms with E-state index in [9.17, 15) is 22.4 Å². The Morgan fingerprint density at radius 3 is 2.31 bits per heavy atom. The molecule has 0 aromatic heterocycles.